The summed E-state index contributed by atoms with van der Waals surface area (Å²) in [6, 6.07) is 0. The molecule has 48 valence electrons. The fourth-order valence-corrected chi connectivity index (χ4v) is 0.944. The van der Waals surface area contributed by atoms with Gasteiger partial charge in [-0.3, -0.25) is 4.79 Å². The Morgan fingerprint density at radius 2 is 2.33 bits per heavy atom. The van der Waals surface area contributed by atoms with Crippen LogP contribution in [-0.2, 0) is 9.63 Å². The fourth-order valence-electron chi connectivity index (χ4n) is 0.944. The molecule has 0 aromatic carbocycles. The highest BCUT2D eigenvalue weighted by atomic mass is 16.6. The predicted octanol–water partition coefficient (Wildman–Crippen LogP) is 0.352. The Morgan fingerprint density at radius 1 is 1.56 bits per heavy atom. The van der Waals surface area contributed by atoms with Gasteiger partial charge in [0.05, 0.1) is 0 Å². The maximum absolute atomic E-state index is 10.8. The van der Waals surface area contributed by atoms with E-state index in [-0.39, 0.29) is 12.4 Å². The molecule has 1 aliphatic carbocycles. The predicted molar refractivity (Wildman–Crippen MR) is 31.1 cm³/mol. The van der Waals surface area contributed by atoms with E-state index in [4.69, 9.17) is 0 Å². The molecule has 0 N–H and O–H groups in total. The van der Waals surface area contributed by atoms with Crippen molar-refractivity contribution in [2.24, 2.45) is 11.1 Å². The maximum Gasteiger partial charge on any atom is 0.220 e. The standard InChI is InChI=1S/C6H7NO2/c8-5-3-9-7-6(5)4-1-2-4/h4H,1-3H2. The van der Waals surface area contributed by atoms with E-state index in [9.17, 15) is 4.79 Å². The molecule has 0 unspecified atom stereocenters. The zero-order valence-electron chi connectivity index (χ0n) is 4.96. The maximum atomic E-state index is 10.8. The van der Waals surface area contributed by atoms with Crippen molar-refractivity contribution in [1.29, 1.82) is 0 Å². The molecule has 2 aliphatic rings. The molecule has 1 fully saturated rings. The van der Waals surface area contributed by atoms with Crippen molar-refractivity contribution in [1.82, 2.24) is 0 Å². The molecule has 0 aromatic rings. The molecule has 0 aromatic heterocycles. The van der Waals surface area contributed by atoms with E-state index >= 15 is 0 Å². The Morgan fingerprint density at radius 3 is 2.78 bits per heavy atom. The van der Waals surface area contributed by atoms with E-state index in [1.807, 2.05) is 0 Å². The highest BCUT2D eigenvalue weighted by Crippen LogP contribution is 2.32. The van der Waals surface area contributed by atoms with Crippen molar-refractivity contribution in [3.05, 3.63) is 0 Å². The number of hydrogen-bond donors (Lipinski definition) is 0. The normalized spacial score (nSPS) is 25.8. The number of hydrogen-bond acceptors (Lipinski definition) is 3. The third-order valence-corrected chi connectivity index (χ3v) is 1.61. The minimum atomic E-state index is 0.0810. The van der Waals surface area contributed by atoms with Gasteiger partial charge in [-0.2, -0.15) is 0 Å². The summed E-state index contributed by atoms with van der Waals surface area (Å²) in [5, 5.41) is 3.65. The first-order chi connectivity index (χ1) is 4.38. The number of nitrogens with zero attached hydrogens (tertiary/aromatic N) is 1. The quantitative estimate of drug-likeness (QED) is 0.507. The van der Waals surface area contributed by atoms with Crippen LogP contribution in [0.1, 0.15) is 12.8 Å². The second-order valence-electron chi connectivity index (χ2n) is 2.45. The molecule has 2 rings (SSSR count). The Labute approximate surface area is 52.7 Å². The third kappa shape index (κ3) is 0.724. The largest absolute Gasteiger partial charge is 0.387 e. The van der Waals surface area contributed by atoms with Gasteiger partial charge in [0, 0.05) is 5.92 Å². The lowest BCUT2D eigenvalue weighted by molar-refractivity contribution is -0.115. The van der Waals surface area contributed by atoms with Crippen molar-refractivity contribution in [2.75, 3.05) is 6.61 Å². The van der Waals surface area contributed by atoms with Crippen LogP contribution in [0.4, 0.5) is 0 Å². The van der Waals surface area contributed by atoms with E-state index < -0.39 is 0 Å². The minimum absolute atomic E-state index is 0.0810. The van der Waals surface area contributed by atoms with Crippen LogP contribution in [0.3, 0.4) is 0 Å². The van der Waals surface area contributed by atoms with Gasteiger partial charge in [0.1, 0.15) is 5.71 Å². The van der Waals surface area contributed by atoms with E-state index in [2.05, 4.69) is 9.99 Å². The van der Waals surface area contributed by atoms with Gasteiger partial charge >= 0.3 is 0 Å². The smallest absolute Gasteiger partial charge is 0.220 e. The van der Waals surface area contributed by atoms with Crippen LogP contribution >= 0.6 is 0 Å². The molecule has 9 heavy (non-hydrogen) atoms. The summed E-state index contributed by atoms with van der Waals surface area (Å²) in [6.45, 7) is 0.172. The number of carbonyl (C=O) groups is 1. The summed E-state index contributed by atoms with van der Waals surface area (Å²) in [5.74, 6) is 0.525. The molecule has 1 aliphatic heterocycles. The van der Waals surface area contributed by atoms with Crippen LogP contribution in [0.2, 0.25) is 0 Å². The summed E-state index contributed by atoms with van der Waals surface area (Å²) in [7, 11) is 0. The minimum Gasteiger partial charge on any atom is -0.387 e. The SMILES string of the molecule is O=C1CON=C1C1CC1. The zero-order valence-corrected chi connectivity index (χ0v) is 4.96. The summed E-state index contributed by atoms with van der Waals surface area (Å²) in [4.78, 5) is 15.4. The van der Waals surface area contributed by atoms with Crippen LogP contribution in [0, 0.1) is 5.92 Å². The molecule has 3 nitrogen and oxygen atoms in total. The Kier molecular flexibility index (Phi) is 0.860. The summed E-state index contributed by atoms with van der Waals surface area (Å²) in [5.41, 5.74) is 0.676. The second kappa shape index (κ2) is 1.56. The molecule has 0 spiro atoms. The Bertz CT molecular complexity index is 181. The van der Waals surface area contributed by atoms with Crippen LogP contribution in [0.5, 0.6) is 0 Å². The van der Waals surface area contributed by atoms with Crippen molar-refractivity contribution in [3.8, 4) is 0 Å². The van der Waals surface area contributed by atoms with Crippen molar-refractivity contribution in [3.63, 3.8) is 0 Å². The molecule has 0 bridgehead atoms. The lowest BCUT2D eigenvalue weighted by Gasteiger charge is -1.84. The van der Waals surface area contributed by atoms with E-state index in [0.717, 1.165) is 12.8 Å². The monoisotopic (exact) mass is 125 g/mol. The summed E-state index contributed by atoms with van der Waals surface area (Å²) < 4.78 is 0. The van der Waals surface area contributed by atoms with Crippen molar-refractivity contribution < 1.29 is 9.63 Å². The second-order valence-corrected chi connectivity index (χ2v) is 2.45. The van der Waals surface area contributed by atoms with E-state index in [0.29, 0.717) is 11.6 Å². The first kappa shape index (κ1) is 4.97. The Balaban J connectivity index is 2.16. The fraction of sp³-hybridized carbons (Fsp3) is 0.667. The van der Waals surface area contributed by atoms with Gasteiger partial charge in [-0.05, 0) is 12.8 Å². The number of ketones is 1. The van der Waals surface area contributed by atoms with Gasteiger partial charge < -0.3 is 4.84 Å². The van der Waals surface area contributed by atoms with Gasteiger partial charge in [0.2, 0.25) is 5.78 Å². The van der Waals surface area contributed by atoms with Crippen LogP contribution in [-0.4, -0.2) is 18.1 Å². The Hall–Kier alpha value is -0.860. The molecule has 1 saturated carbocycles. The number of Topliss-reactive ketones (excluding diaryl/α,β-unsaturated/α-hetero) is 1. The highest BCUT2D eigenvalue weighted by molar-refractivity contribution is 6.42. The number of carbonyl (C=O) groups excluding carboxylic acids is 1. The van der Waals surface area contributed by atoms with Gasteiger partial charge in [-0.15, -0.1) is 0 Å². The van der Waals surface area contributed by atoms with Gasteiger partial charge in [-0.1, -0.05) is 5.16 Å². The molecule has 0 atom stereocenters. The molecule has 1 heterocycles. The molecule has 3 heteroatoms. The average Bonchev–Trinajstić information content (AvgIpc) is 2.58. The summed E-state index contributed by atoms with van der Waals surface area (Å²) in [6.07, 6.45) is 2.24. The highest BCUT2D eigenvalue weighted by Gasteiger charge is 2.35. The zero-order chi connectivity index (χ0) is 6.27. The van der Waals surface area contributed by atoms with E-state index in [1.54, 1.807) is 0 Å². The lowest BCUT2D eigenvalue weighted by Crippen LogP contribution is -2.12. The van der Waals surface area contributed by atoms with Crippen molar-refractivity contribution in [2.45, 2.75) is 12.8 Å². The molecular weight excluding hydrogens is 118 g/mol. The van der Waals surface area contributed by atoms with Crippen LogP contribution in [0.15, 0.2) is 5.16 Å². The van der Waals surface area contributed by atoms with Gasteiger partial charge in [0.15, 0.2) is 6.61 Å². The molecule has 0 radical (unpaired) electrons. The lowest BCUT2D eigenvalue weighted by atomic mass is 10.2. The number of rotatable bonds is 1. The number of oxime groups is 1. The topological polar surface area (TPSA) is 38.7 Å². The van der Waals surface area contributed by atoms with Crippen LogP contribution < -0.4 is 0 Å². The van der Waals surface area contributed by atoms with Gasteiger partial charge in [0.25, 0.3) is 0 Å². The molecule has 0 saturated heterocycles. The van der Waals surface area contributed by atoms with Gasteiger partial charge in [-0.25, -0.2) is 0 Å². The van der Waals surface area contributed by atoms with Crippen LogP contribution in [0.25, 0.3) is 0 Å². The first-order valence-corrected chi connectivity index (χ1v) is 3.11. The molecule has 0 amide bonds. The average molecular weight is 125 g/mol. The third-order valence-electron chi connectivity index (χ3n) is 1.61. The van der Waals surface area contributed by atoms with Crippen molar-refractivity contribution >= 4 is 11.5 Å². The first-order valence-electron chi connectivity index (χ1n) is 3.11. The van der Waals surface area contributed by atoms with E-state index in [1.165, 1.54) is 0 Å². The molecular formula is C6H7NO2. The summed E-state index contributed by atoms with van der Waals surface area (Å²) >= 11 is 0.